The van der Waals surface area contributed by atoms with E-state index in [1.54, 1.807) is 0 Å². The molecule has 2 aromatic heterocycles. The van der Waals surface area contributed by atoms with E-state index in [1.807, 2.05) is 13.8 Å². The Labute approximate surface area is 129 Å². The monoisotopic (exact) mass is 296 g/mol. The molecule has 22 heavy (non-hydrogen) atoms. The van der Waals surface area contributed by atoms with E-state index < -0.39 is 0 Å². The zero-order valence-electron chi connectivity index (χ0n) is 13.3. The Bertz CT molecular complexity index is 790. The van der Waals surface area contributed by atoms with Crippen molar-refractivity contribution in [3.63, 3.8) is 0 Å². The van der Waals surface area contributed by atoms with E-state index in [1.165, 1.54) is 5.56 Å². The van der Waals surface area contributed by atoms with Gasteiger partial charge in [-0.25, -0.2) is 4.98 Å². The van der Waals surface area contributed by atoms with Crippen LogP contribution in [0.15, 0.2) is 28.8 Å². The van der Waals surface area contributed by atoms with Crippen LogP contribution in [0.25, 0.3) is 11.1 Å². The lowest BCUT2D eigenvalue weighted by molar-refractivity contribution is 0.439. The fourth-order valence-corrected chi connectivity index (χ4v) is 2.44. The van der Waals surface area contributed by atoms with Gasteiger partial charge in [0.25, 0.3) is 5.71 Å². The van der Waals surface area contributed by atoms with Crippen molar-refractivity contribution in [3.05, 3.63) is 41.3 Å². The minimum atomic E-state index is 0.520. The fraction of sp³-hybridized carbons (Fsp3) is 0.353. The first kappa shape index (κ1) is 14.5. The van der Waals surface area contributed by atoms with Gasteiger partial charge in [0, 0.05) is 5.69 Å². The summed E-state index contributed by atoms with van der Waals surface area (Å²) in [7, 11) is 0. The van der Waals surface area contributed by atoms with Gasteiger partial charge in [0.2, 0.25) is 0 Å². The van der Waals surface area contributed by atoms with Gasteiger partial charge in [0.15, 0.2) is 0 Å². The molecule has 3 aromatic rings. The summed E-state index contributed by atoms with van der Waals surface area (Å²) in [6.07, 6.45) is 0.778. The summed E-state index contributed by atoms with van der Waals surface area (Å²) in [5.74, 6) is 1.93. The molecule has 0 bridgehead atoms. The number of hydrogen-bond donors (Lipinski definition) is 1. The molecule has 0 saturated heterocycles. The highest BCUT2D eigenvalue weighted by Crippen LogP contribution is 2.28. The van der Waals surface area contributed by atoms with Gasteiger partial charge in [-0.05, 0) is 37.0 Å². The number of aryl methyl sites for hydroxylation is 2. The van der Waals surface area contributed by atoms with Gasteiger partial charge in [0.1, 0.15) is 17.0 Å². The second-order valence-electron chi connectivity index (χ2n) is 5.68. The van der Waals surface area contributed by atoms with Gasteiger partial charge in [-0.3, -0.25) is 0 Å². The Morgan fingerprint density at radius 2 is 1.86 bits per heavy atom. The maximum atomic E-state index is 5.31. The summed E-state index contributed by atoms with van der Waals surface area (Å²) in [4.78, 5) is 8.82. The third kappa shape index (κ3) is 2.66. The molecule has 1 aromatic carbocycles. The van der Waals surface area contributed by atoms with Crippen LogP contribution in [-0.2, 0) is 6.42 Å². The van der Waals surface area contributed by atoms with Crippen LogP contribution in [0, 0.1) is 6.92 Å². The maximum Gasteiger partial charge on any atom is 0.263 e. The summed E-state index contributed by atoms with van der Waals surface area (Å²) in [5.41, 5.74) is 3.71. The topological polar surface area (TPSA) is 63.8 Å². The lowest BCUT2D eigenvalue weighted by Gasteiger charge is -2.10. The van der Waals surface area contributed by atoms with E-state index in [2.05, 4.69) is 58.6 Å². The van der Waals surface area contributed by atoms with Crippen LogP contribution < -0.4 is 5.32 Å². The van der Waals surface area contributed by atoms with Crippen LogP contribution in [-0.4, -0.2) is 15.1 Å². The summed E-state index contributed by atoms with van der Waals surface area (Å²) < 4.78 is 5.31. The minimum absolute atomic E-state index is 0.520. The van der Waals surface area contributed by atoms with Crippen LogP contribution in [0.1, 0.15) is 43.8 Å². The first-order chi connectivity index (χ1) is 10.6. The summed E-state index contributed by atoms with van der Waals surface area (Å²) >= 11 is 0. The zero-order chi connectivity index (χ0) is 15.7. The first-order valence-corrected chi connectivity index (χ1v) is 7.58. The Kier molecular flexibility index (Phi) is 3.79. The zero-order valence-corrected chi connectivity index (χ0v) is 13.3. The third-order valence-electron chi connectivity index (χ3n) is 3.69. The Hall–Kier alpha value is -2.43. The number of nitrogens with one attached hydrogen (secondary N) is 1. The quantitative estimate of drug-likeness (QED) is 0.775. The van der Waals surface area contributed by atoms with E-state index in [9.17, 15) is 0 Å². The molecule has 5 heteroatoms. The van der Waals surface area contributed by atoms with Gasteiger partial charge < -0.3 is 9.84 Å². The van der Waals surface area contributed by atoms with Gasteiger partial charge in [-0.1, -0.05) is 38.1 Å². The molecule has 0 aliphatic rings. The van der Waals surface area contributed by atoms with Crippen LogP contribution in [0.4, 0.5) is 11.5 Å². The number of benzene rings is 1. The first-order valence-electron chi connectivity index (χ1n) is 7.58. The lowest BCUT2D eigenvalue weighted by atomic mass is 10.0. The summed E-state index contributed by atoms with van der Waals surface area (Å²) in [6, 6.07) is 8.40. The number of rotatable bonds is 4. The predicted octanol–water partition coefficient (Wildman–Crippen LogP) is 4.36. The molecule has 0 atom stereocenters. The number of hydrogen-bond acceptors (Lipinski definition) is 5. The Morgan fingerprint density at radius 1 is 1.14 bits per heavy atom. The molecule has 114 valence electrons. The molecular formula is C17H20N4O. The SMILES string of the molecule is CCc1noc2nc(C)nc(Nc3ccc(C(C)C)cc3)c12. The van der Waals surface area contributed by atoms with E-state index in [0.717, 1.165) is 29.0 Å². The molecule has 0 amide bonds. The van der Waals surface area contributed by atoms with Crippen LogP contribution in [0.2, 0.25) is 0 Å². The van der Waals surface area contributed by atoms with Gasteiger partial charge in [0.05, 0.1) is 5.69 Å². The second-order valence-corrected chi connectivity index (χ2v) is 5.68. The maximum absolute atomic E-state index is 5.31. The molecule has 0 spiro atoms. The number of aromatic nitrogens is 3. The average Bonchev–Trinajstić information content (AvgIpc) is 2.90. The largest absolute Gasteiger partial charge is 0.339 e. The molecule has 2 heterocycles. The van der Waals surface area contributed by atoms with Crippen molar-refractivity contribution >= 4 is 22.6 Å². The van der Waals surface area contributed by atoms with Crippen molar-refractivity contribution in [2.75, 3.05) is 5.32 Å². The molecule has 0 fully saturated rings. The molecule has 1 N–H and O–H groups in total. The van der Waals surface area contributed by atoms with Gasteiger partial charge in [-0.2, -0.15) is 4.98 Å². The summed E-state index contributed by atoms with van der Waals surface area (Å²) in [6.45, 7) is 8.26. The normalized spacial score (nSPS) is 11.3. The number of anilines is 2. The molecule has 0 radical (unpaired) electrons. The van der Waals surface area contributed by atoms with Crippen molar-refractivity contribution in [3.8, 4) is 0 Å². The second kappa shape index (κ2) is 5.75. The standard InChI is InChI=1S/C17H20N4O/c1-5-14-15-16(18-11(4)19-17(15)22-21-14)20-13-8-6-12(7-9-13)10(2)3/h6-10H,5H2,1-4H3,(H,18,19,20). The summed E-state index contributed by atoms with van der Waals surface area (Å²) in [5, 5.41) is 8.30. The highest BCUT2D eigenvalue weighted by atomic mass is 16.5. The van der Waals surface area contributed by atoms with E-state index in [-0.39, 0.29) is 0 Å². The molecular weight excluding hydrogens is 276 g/mol. The van der Waals surface area contributed by atoms with Crippen molar-refractivity contribution in [2.24, 2.45) is 0 Å². The van der Waals surface area contributed by atoms with Gasteiger partial charge in [-0.15, -0.1) is 0 Å². The smallest absolute Gasteiger partial charge is 0.263 e. The Morgan fingerprint density at radius 3 is 2.50 bits per heavy atom. The number of nitrogens with zero attached hydrogens (tertiary/aromatic N) is 3. The van der Waals surface area contributed by atoms with Crippen molar-refractivity contribution < 1.29 is 4.52 Å². The van der Waals surface area contributed by atoms with Crippen LogP contribution >= 0.6 is 0 Å². The molecule has 0 aliphatic carbocycles. The van der Waals surface area contributed by atoms with E-state index in [0.29, 0.717) is 17.5 Å². The molecule has 3 rings (SSSR count). The van der Waals surface area contributed by atoms with Crippen molar-refractivity contribution in [1.29, 1.82) is 0 Å². The molecule has 0 saturated carbocycles. The van der Waals surface area contributed by atoms with Gasteiger partial charge >= 0.3 is 0 Å². The molecule has 5 nitrogen and oxygen atoms in total. The highest BCUT2D eigenvalue weighted by Gasteiger charge is 2.15. The number of fused-ring (bicyclic) bond motifs is 1. The fourth-order valence-electron chi connectivity index (χ4n) is 2.44. The van der Waals surface area contributed by atoms with E-state index >= 15 is 0 Å². The molecule has 0 aliphatic heterocycles. The highest BCUT2D eigenvalue weighted by molar-refractivity contribution is 5.89. The minimum Gasteiger partial charge on any atom is -0.339 e. The van der Waals surface area contributed by atoms with Crippen molar-refractivity contribution in [2.45, 2.75) is 40.0 Å². The van der Waals surface area contributed by atoms with Crippen LogP contribution in [0.3, 0.4) is 0 Å². The van der Waals surface area contributed by atoms with E-state index in [4.69, 9.17) is 4.52 Å². The average molecular weight is 296 g/mol. The van der Waals surface area contributed by atoms with Crippen molar-refractivity contribution in [1.82, 2.24) is 15.1 Å². The van der Waals surface area contributed by atoms with Crippen LogP contribution in [0.5, 0.6) is 0 Å². The Balaban J connectivity index is 2.00. The third-order valence-corrected chi connectivity index (χ3v) is 3.69. The molecule has 0 unspecified atom stereocenters. The lowest BCUT2D eigenvalue weighted by Crippen LogP contribution is -1.99. The predicted molar refractivity (Wildman–Crippen MR) is 87.5 cm³/mol.